The van der Waals surface area contributed by atoms with Gasteiger partial charge in [0, 0.05) is 19.4 Å². The van der Waals surface area contributed by atoms with Crippen LogP contribution in [0, 0.1) is 13.8 Å². The molecular formula is C20H15BrCl2OS. The van der Waals surface area contributed by atoms with E-state index in [1.807, 2.05) is 54.6 Å². The number of hydrogen-bond donors (Lipinski definition) is 0. The zero-order valence-electron chi connectivity index (χ0n) is 13.6. The molecule has 0 spiro atoms. The summed E-state index contributed by atoms with van der Waals surface area (Å²) in [5, 5.41) is 1.41. The summed E-state index contributed by atoms with van der Waals surface area (Å²) >= 11 is 17.3. The molecule has 0 aliphatic rings. The highest BCUT2D eigenvalue weighted by Crippen LogP contribution is 2.43. The van der Waals surface area contributed by atoms with Gasteiger partial charge in [-0.15, -0.1) is 0 Å². The zero-order valence-corrected chi connectivity index (χ0v) is 17.6. The van der Waals surface area contributed by atoms with E-state index in [1.165, 1.54) is 0 Å². The van der Waals surface area contributed by atoms with Crippen molar-refractivity contribution in [2.24, 2.45) is 0 Å². The smallest absolute Gasteiger partial charge is 0.141 e. The molecule has 0 aliphatic heterocycles. The molecule has 5 heteroatoms. The third kappa shape index (κ3) is 4.53. The molecule has 0 N–H and O–H groups in total. The highest BCUT2D eigenvalue weighted by molar-refractivity contribution is 9.10. The molecule has 0 atom stereocenters. The Bertz CT molecular complexity index is 893. The van der Waals surface area contributed by atoms with Crippen LogP contribution in [-0.4, -0.2) is 0 Å². The molecule has 0 saturated heterocycles. The predicted octanol–water partition coefficient (Wildman–Crippen LogP) is 8.32. The lowest BCUT2D eigenvalue weighted by Gasteiger charge is -2.16. The van der Waals surface area contributed by atoms with E-state index in [4.69, 9.17) is 27.9 Å². The van der Waals surface area contributed by atoms with Gasteiger partial charge in [0.25, 0.3) is 0 Å². The van der Waals surface area contributed by atoms with E-state index in [0.717, 1.165) is 41.9 Å². The first-order valence-corrected chi connectivity index (χ1v) is 9.97. The minimum Gasteiger partial charge on any atom is -0.456 e. The van der Waals surface area contributed by atoms with Gasteiger partial charge in [0.05, 0.1) is 4.90 Å². The normalized spacial score (nSPS) is 10.8. The van der Waals surface area contributed by atoms with E-state index in [9.17, 15) is 0 Å². The molecule has 0 unspecified atom stereocenters. The largest absolute Gasteiger partial charge is 0.456 e. The van der Waals surface area contributed by atoms with Gasteiger partial charge in [-0.3, -0.25) is 0 Å². The van der Waals surface area contributed by atoms with Crippen LogP contribution in [0.15, 0.2) is 68.9 Å². The number of benzene rings is 3. The Morgan fingerprint density at radius 3 is 2.04 bits per heavy atom. The van der Waals surface area contributed by atoms with E-state index in [-0.39, 0.29) is 0 Å². The molecule has 0 saturated carbocycles. The van der Waals surface area contributed by atoms with Crippen molar-refractivity contribution < 1.29 is 4.74 Å². The van der Waals surface area contributed by atoms with E-state index >= 15 is 0 Å². The average Bonchev–Trinajstić information content (AvgIpc) is 2.60. The molecule has 3 rings (SSSR count). The zero-order chi connectivity index (χ0) is 18.0. The van der Waals surface area contributed by atoms with Crippen molar-refractivity contribution >= 4 is 50.9 Å². The lowest BCUT2D eigenvalue weighted by molar-refractivity contribution is 0.469. The van der Waals surface area contributed by atoms with E-state index in [2.05, 4.69) is 29.8 Å². The fourth-order valence-electron chi connectivity index (χ4n) is 2.36. The second-order valence-electron chi connectivity index (χ2n) is 5.57. The molecule has 0 aliphatic carbocycles. The molecule has 0 amide bonds. The second kappa shape index (κ2) is 8.05. The van der Waals surface area contributed by atoms with Crippen molar-refractivity contribution in [3.05, 3.63) is 80.2 Å². The van der Waals surface area contributed by atoms with Crippen LogP contribution >= 0.6 is 50.9 Å². The van der Waals surface area contributed by atoms with Gasteiger partial charge in [0.15, 0.2) is 0 Å². The molecule has 0 radical (unpaired) electrons. The monoisotopic (exact) mass is 452 g/mol. The van der Waals surface area contributed by atoms with Gasteiger partial charge in [-0.25, -0.2) is 0 Å². The van der Waals surface area contributed by atoms with Crippen LogP contribution in [0.25, 0.3) is 0 Å². The third-order valence-corrected chi connectivity index (χ3v) is 6.61. The fraction of sp³-hybridized carbons (Fsp3) is 0.100. The number of hydrogen-bond acceptors (Lipinski definition) is 2. The Morgan fingerprint density at radius 2 is 1.44 bits per heavy atom. The number of rotatable bonds is 4. The summed E-state index contributed by atoms with van der Waals surface area (Å²) in [4.78, 5) is 2.17. The van der Waals surface area contributed by atoms with Crippen LogP contribution in [0.1, 0.15) is 11.1 Å². The first kappa shape index (κ1) is 18.7. The molecule has 128 valence electrons. The Balaban J connectivity index is 2.01. The highest BCUT2D eigenvalue weighted by atomic mass is 79.9. The maximum Gasteiger partial charge on any atom is 0.141 e. The lowest BCUT2D eigenvalue weighted by atomic mass is 10.1. The van der Waals surface area contributed by atoms with E-state index in [1.54, 1.807) is 11.8 Å². The van der Waals surface area contributed by atoms with Crippen molar-refractivity contribution in [2.45, 2.75) is 23.6 Å². The van der Waals surface area contributed by atoms with Crippen molar-refractivity contribution in [3.63, 3.8) is 0 Å². The summed E-state index contributed by atoms with van der Waals surface area (Å²) in [5.74, 6) is 1.57. The predicted molar refractivity (Wildman–Crippen MR) is 111 cm³/mol. The van der Waals surface area contributed by atoms with Crippen LogP contribution in [0.2, 0.25) is 10.0 Å². The summed E-state index contributed by atoms with van der Waals surface area (Å²) in [7, 11) is 0. The van der Waals surface area contributed by atoms with Gasteiger partial charge >= 0.3 is 0 Å². The average molecular weight is 454 g/mol. The summed E-state index contributed by atoms with van der Waals surface area (Å²) in [6.45, 7) is 4.15. The van der Waals surface area contributed by atoms with Crippen LogP contribution in [0.4, 0.5) is 0 Å². The molecule has 0 bridgehead atoms. The van der Waals surface area contributed by atoms with Gasteiger partial charge in [-0.2, -0.15) is 0 Å². The van der Waals surface area contributed by atoms with Gasteiger partial charge in [-0.05, 0) is 79.6 Å². The third-order valence-electron chi connectivity index (χ3n) is 3.66. The van der Waals surface area contributed by atoms with Crippen LogP contribution in [-0.2, 0) is 0 Å². The molecule has 3 aromatic rings. The molecule has 0 aromatic heterocycles. The molecule has 25 heavy (non-hydrogen) atoms. The molecule has 0 fully saturated rings. The highest BCUT2D eigenvalue weighted by Gasteiger charge is 2.15. The second-order valence-corrected chi connectivity index (χ2v) is 8.32. The summed E-state index contributed by atoms with van der Waals surface area (Å²) in [6.07, 6.45) is 0. The van der Waals surface area contributed by atoms with E-state index in [0.29, 0.717) is 5.02 Å². The number of ether oxygens (including phenoxy) is 1. The Hall–Kier alpha value is -1.13. The van der Waals surface area contributed by atoms with Gasteiger partial charge in [-0.1, -0.05) is 50.9 Å². The van der Waals surface area contributed by atoms with E-state index < -0.39 is 0 Å². The Labute approximate surface area is 170 Å². The summed E-state index contributed by atoms with van der Waals surface area (Å²) < 4.78 is 7.24. The maximum atomic E-state index is 6.15. The standard InChI is InChI=1S/C20H15BrCl2OS/c1-12-11-18(24-16-7-3-14(22)4-8-16)20(13(2)19(12)21)25-17-9-5-15(23)6-10-17/h3-11H,1-2H3. The van der Waals surface area contributed by atoms with Crippen LogP contribution in [0.3, 0.4) is 0 Å². The number of halogens is 3. The van der Waals surface area contributed by atoms with Crippen LogP contribution in [0.5, 0.6) is 11.5 Å². The quantitative estimate of drug-likeness (QED) is 0.392. The van der Waals surface area contributed by atoms with Crippen molar-refractivity contribution in [1.82, 2.24) is 0 Å². The summed E-state index contributed by atoms with van der Waals surface area (Å²) in [5.41, 5.74) is 2.27. The maximum absolute atomic E-state index is 6.15. The van der Waals surface area contributed by atoms with Gasteiger partial charge in [0.2, 0.25) is 0 Å². The SMILES string of the molecule is Cc1cc(Oc2ccc(Cl)cc2)c(Sc2ccc(Cl)cc2)c(C)c1Br. The minimum absolute atomic E-state index is 0.686. The first-order chi connectivity index (χ1) is 11.9. The number of aryl methyl sites for hydroxylation is 1. The molecule has 0 heterocycles. The molecule has 1 nitrogen and oxygen atoms in total. The van der Waals surface area contributed by atoms with Crippen molar-refractivity contribution in [1.29, 1.82) is 0 Å². The fourth-order valence-corrected chi connectivity index (χ4v) is 4.02. The van der Waals surface area contributed by atoms with Gasteiger partial charge < -0.3 is 4.74 Å². The molecular weight excluding hydrogens is 439 g/mol. The van der Waals surface area contributed by atoms with Gasteiger partial charge in [0.1, 0.15) is 11.5 Å². The summed E-state index contributed by atoms with van der Waals surface area (Å²) in [6, 6.07) is 17.2. The first-order valence-electron chi connectivity index (χ1n) is 7.60. The Kier molecular flexibility index (Phi) is 6.00. The molecule has 3 aromatic carbocycles. The van der Waals surface area contributed by atoms with Crippen molar-refractivity contribution in [3.8, 4) is 11.5 Å². The minimum atomic E-state index is 0.686. The Morgan fingerprint density at radius 1 is 0.880 bits per heavy atom. The van der Waals surface area contributed by atoms with Crippen molar-refractivity contribution in [2.75, 3.05) is 0 Å². The topological polar surface area (TPSA) is 9.23 Å². The van der Waals surface area contributed by atoms with Crippen LogP contribution < -0.4 is 4.74 Å². The lowest BCUT2D eigenvalue weighted by Crippen LogP contribution is -1.93.